The van der Waals surface area contributed by atoms with Gasteiger partial charge in [0, 0.05) is 11.9 Å². The minimum absolute atomic E-state index is 0.511. The molecule has 0 bridgehead atoms. The topological polar surface area (TPSA) is 42.9 Å². The summed E-state index contributed by atoms with van der Waals surface area (Å²) in [4.78, 5) is 18.6. The second-order valence-corrected chi connectivity index (χ2v) is 3.53. The standard InChI is InChI=1S/C8H6N2OS/c1-5-2-6-7(3-9-5)12-8(4-11)10-6/h2-4H,1H3. The number of aryl methyl sites for hydroxylation is 1. The second-order valence-electron chi connectivity index (χ2n) is 2.46. The first-order valence-corrected chi connectivity index (χ1v) is 4.29. The predicted molar refractivity (Wildman–Crippen MR) is 47.5 cm³/mol. The zero-order chi connectivity index (χ0) is 8.55. The summed E-state index contributed by atoms with van der Waals surface area (Å²) in [5.74, 6) is 0. The third kappa shape index (κ3) is 1.10. The normalized spacial score (nSPS) is 10.4. The van der Waals surface area contributed by atoms with Gasteiger partial charge < -0.3 is 0 Å². The summed E-state index contributed by atoms with van der Waals surface area (Å²) in [5.41, 5.74) is 1.78. The molecule has 0 fully saturated rings. The van der Waals surface area contributed by atoms with E-state index in [9.17, 15) is 4.79 Å². The lowest BCUT2D eigenvalue weighted by Crippen LogP contribution is -1.78. The Morgan fingerprint density at radius 3 is 3.17 bits per heavy atom. The Labute approximate surface area is 73.1 Å². The third-order valence-corrected chi connectivity index (χ3v) is 2.46. The molecule has 0 aliphatic rings. The van der Waals surface area contributed by atoms with Crippen LogP contribution in [0.4, 0.5) is 0 Å². The number of aromatic nitrogens is 2. The van der Waals surface area contributed by atoms with Crippen molar-refractivity contribution in [3.63, 3.8) is 0 Å². The van der Waals surface area contributed by atoms with Gasteiger partial charge in [-0.25, -0.2) is 4.98 Å². The summed E-state index contributed by atoms with van der Waals surface area (Å²) >= 11 is 1.36. The number of carbonyl (C=O) groups excluding carboxylic acids is 1. The monoisotopic (exact) mass is 178 g/mol. The SMILES string of the molecule is Cc1cc2nc(C=O)sc2cn1. The van der Waals surface area contributed by atoms with E-state index in [0.717, 1.165) is 22.2 Å². The molecule has 0 unspecified atom stereocenters. The van der Waals surface area contributed by atoms with Crippen LogP contribution in [0.25, 0.3) is 10.2 Å². The lowest BCUT2D eigenvalue weighted by Gasteiger charge is -1.87. The summed E-state index contributed by atoms with van der Waals surface area (Å²) in [7, 11) is 0. The number of aldehydes is 1. The maximum absolute atomic E-state index is 10.4. The number of nitrogens with zero attached hydrogens (tertiary/aromatic N) is 2. The average Bonchev–Trinajstić information content (AvgIpc) is 2.46. The van der Waals surface area contributed by atoms with Gasteiger partial charge in [-0.3, -0.25) is 9.78 Å². The molecule has 3 nitrogen and oxygen atoms in total. The molecule has 2 aromatic rings. The Morgan fingerprint density at radius 2 is 2.42 bits per heavy atom. The van der Waals surface area contributed by atoms with E-state index >= 15 is 0 Å². The first-order chi connectivity index (χ1) is 5.79. The lowest BCUT2D eigenvalue weighted by atomic mass is 10.3. The molecule has 0 saturated carbocycles. The van der Waals surface area contributed by atoms with Crippen molar-refractivity contribution in [1.82, 2.24) is 9.97 Å². The molecule has 0 aromatic carbocycles. The Hall–Kier alpha value is -1.29. The average molecular weight is 178 g/mol. The van der Waals surface area contributed by atoms with E-state index < -0.39 is 0 Å². The molecule has 4 heteroatoms. The van der Waals surface area contributed by atoms with Crippen LogP contribution in [0.5, 0.6) is 0 Å². The van der Waals surface area contributed by atoms with Crippen molar-refractivity contribution in [3.8, 4) is 0 Å². The van der Waals surface area contributed by atoms with Gasteiger partial charge in [0.15, 0.2) is 11.3 Å². The van der Waals surface area contributed by atoms with Crippen LogP contribution >= 0.6 is 11.3 Å². The van der Waals surface area contributed by atoms with E-state index in [1.54, 1.807) is 6.20 Å². The van der Waals surface area contributed by atoms with Crippen LogP contribution in [0, 0.1) is 6.92 Å². The van der Waals surface area contributed by atoms with Gasteiger partial charge in [0.05, 0.1) is 10.2 Å². The third-order valence-electron chi connectivity index (χ3n) is 1.53. The molecule has 2 heterocycles. The van der Waals surface area contributed by atoms with Gasteiger partial charge in [0.2, 0.25) is 0 Å². The molecule has 0 N–H and O–H groups in total. The summed E-state index contributed by atoms with van der Waals surface area (Å²) in [6.07, 6.45) is 2.51. The molecule has 0 radical (unpaired) electrons. The summed E-state index contributed by atoms with van der Waals surface area (Å²) in [5, 5.41) is 0.511. The van der Waals surface area contributed by atoms with Crippen molar-refractivity contribution in [3.05, 3.63) is 23.0 Å². The van der Waals surface area contributed by atoms with Crippen LogP contribution in [0.3, 0.4) is 0 Å². The van der Waals surface area contributed by atoms with Gasteiger partial charge in [0.25, 0.3) is 0 Å². The van der Waals surface area contributed by atoms with Crippen molar-refractivity contribution >= 4 is 27.8 Å². The maximum Gasteiger partial charge on any atom is 0.178 e. The van der Waals surface area contributed by atoms with Crippen LogP contribution < -0.4 is 0 Å². The van der Waals surface area contributed by atoms with Crippen molar-refractivity contribution in [1.29, 1.82) is 0 Å². The molecule has 0 aliphatic heterocycles. The van der Waals surface area contributed by atoms with Gasteiger partial charge in [-0.1, -0.05) is 0 Å². The number of carbonyl (C=O) groups is 1. The summed E-state index contributed by atoms with van der Waals surface area (Å²) < 4.78 is 0.961. The van der Waals surface area contributed by atoms with E-state index in [4.69, 9.17) is 0 Å². The van der Waals surface area contributed by atoms with Crippen molar-refractivity contribution in [2.45, 2.75) is 6.92 Å². The first kappa shape index (κ1) is 7.36. The fourth-order valence-electron chi connectivity index (χ4n) is 1.00. The first-order valence-electron chi connectivity index (χ1n) is 3.48. The van der Waals surface area contributed by atoms with E-state index in [1.165, 1.54) is 11.3 Å². The van der Waals surface area contributed by atoms with Crippen molar-refractivity contribution < 1.29 is 4.79 Å². The zero-order valence-electron chi connectivity index (χ0n) is 6.44. The number of fused-ring (bicyclic) bond motifs is 1. The van der Waals surface area contributed by atoms with Gasteiger partial charge in [-0.2, -0.15) is 0 Å². The molecular formula is C8H6N2OS. The number of thiazole rings is 1. The molecule has 0 amide bonds. The molecule has 0 spiro atoms. The van der Waals surface area contributed by atoms with E-state index in [1.807, 2.05) is 13.0 Å². The molecule has 60 valence electrons. The molecule has 0 saturated heterocycles. The Morgan fingerprint density at radius 1 is 1.58 bits per heavy atom. The highest BCUT2D eigenvalue weighted by atomic mass is 32.1. The Kier molecular flexibility index (Phi) is 1.62. The molecular weight excluding hydrogens is 172 g/mol. The van der Waals surface area contributed by atoms with Gasteiger partial charge in [0.1, 0.15) is 0 Å². The second kappa shape index (κ2) is 2.64. The molecule has 0 atom stereocenters. The van der Waals surface area contributed by atoms with E-state index in [0.29, 0.717) is 5.01 Å². The maximum atomic E-state index is 10.4. The minimum Gasteiger partial charge on any atom is -0.295 e. The van der Waals surface area contributed by atoms with Crippen LogP contribution in [0.2, 0.25) is 0 Å². The number of hydrogen-bond donors (Lipinski definition) is 0. The Bertz CT molecular complexity index is 436. The van der Waals surface area contributed by atoms with Gasteiger partial charge in [-0.05, 0) is 13.0 Å². The highest BCUT2D eigenvalue weighted by Crippen LogP contribution is 2.19. The fraction of sp³-hybridized carbons (Fsp3) is 0.125. The van der Waals surface area contributed by atoms with Crippen LogP contribution in [-0.4, -0.2) is 16.3 Å². The Balaban J connectivity index is 2.75. The highest BCUT2D eigenvalue weighted by Gasteiger charge is 2.02. The zero-order valence-corrected chi connectivity index (χ0v) is 7.26. The summed E-state index contributed by atoms with van der Waals surface area (Å²) in [6.45, 7) is 1.90. The van der Waals surface area contributed by atoms with Gasteiger partial charge >= 0.3 is 0 Å². The number of pyridine rings is 1. The molecule has 0 aliphatic carbocycles. The number of hydrogen-bond acceptors (Lipinski definition) is 4. The van der Waals surface area contributed by atoms with E-state index in [2.05, 4.69) is 9.97 Å². The van der Waals surface area contributed by atoms with Crippen LogP contribution in [0.1, 0.15) is 15.5 Å². The molecule has 2 rings (SSSR count). The number of rotatable bonds is 1. The lowest BCUT2D eigenvalue weighted by molar-refractivity contribution is 0.112. The van der Waals surface area contributed by atoms with Gasteiger partial charge in [-0.15, -0.1) is 11.3 Å². The van der Waals surface area contributed by atoms with E-state index in [-0.39, 0.29) is 0 Å². The van der Waals surface area contributed by atoms with Crippen molar-refractivity contribution in [2.75, 3.05) is 0 Å². The highest BCUT2D eigenvalue weighted by molar-refractivity contribution is 7.19. The van der Waals surface area contributed by atoms with Crippen molar-refractivity contribution in [2.24, 2.45) is 0 Å². The van der Waals surface area contributed by atoms with Crippen LogP contribution in [-0.2, 0) is 0 Å². The predicted octanol–water partition coefficient (Wildman–Crippen LogP) is 1.81. The molecule has 2 aromatic heterocycles. The largest absolute Gasteiger partial charge is 0.295 e. The van der Waals surface area contributed by atoms with Crippen LogP contribution in [0.15, 0.2) is 12.3 Å². The minimum atomic E-state index is 0.511. The molecule has 12 heavy (non-hydrogen) atoms. The summed E-state index contributed by atoms with van der Waals surface area (Å²) in [6, 6.07) is 1.87. The quantitative estimate of drug-likeness (QED) is 0.625. The fourth-order valence-corrected chi connectivity index (χ4v) is 1.74. The smallest absolute Gasteiger partial charge is 0.178 e.